The first-order chi connectivity index (χ1) is 11.2. The molecule has 0 aliphatic heterocycles. The number of aromatic hydroxyl groups is 2. The average Bonchev–Trinajstić information content (AvgIpc) is 2.64. The zero-order valence-electron chi connectivity index (χ0n) is 15.1. The van der Waals surface area contributed by atoms with Crippen molar-refractivity contribution in [2.75, 3.05) is 19.6 Å². The van der Waals surface area contributed by atoms with Gasteiger partial charge in [0, 0.05) is 12.1 Å². The summed E-state index contributed by atoms with van der Waals surface area (Å²) in [6, 6.07) is 1.37. The van der Waals surface area contributed by atoms with Gasteiger partial charge in [-0.15, -0.1) is 0 Å². The van der Waals surface area contributed by atoms with E-state index < -0.39 is 16.8 Å². The summed E-state index contributed by atoms with van der Waals surface area (Å²) in [5.74, 6) is -0.832. The molecule has 2 rings (SSSR count). The fraction of sp³-hybridized carbons (Fsp3) is 0.632. The largest absolute Gasteiger partial charge is 0.504 e. The molecular formula is C19H29NO4. The summed E-state index contributed by atoms with van der Waals surface area (Å²) in [5, 5.41) is 31.0. The molecule has 1 aliphatic rings. The lowest BCUT2D eigenvalue weighted by molar-refractivity contribution is -0.0336. The molecule has 0 amide bonds. The Balaban J connectivity index is 2.37. The van der Waals surface area contributed by atoms with Gasteiger partial charge in [0.2, 0.25) is 11.2 Å². The number of likely N-dealkylation sites (N-methyl/N-ethyl adjacent to an activating group) is 1. The first-order valence-corrected chi connectivity index (χ1v) is 8.73. The Morgan fingerprint density at radius 3 is 2.42 bits per heavy atom. The molecule has 0 saturated heterocycles. The van der Waals surface area contributed by atoms with Gasteiger partial charge in [0.1, 0.15) is 0 Å². The van der Waals surface area contributed by atoms with Crippen molar-refractivity contribution < 1.29 is 15.3 Å². The maximum absolute atomic E-state index is 11.9. The molecule has 1 aliphatic carbocycles. The van der Waals surface area contributed by atoms with Crippen molar-refractivity contribution in [2.45, 2.75) is 52.6 Å². The van der Waals surface area contributed by atoms with Crippen LogP contribution in [-0.4, -0.2) is 45.5 Å². The summed E-state index contributed by atoms with van der Waals surface area (Å²) >= 11 is 0. The summed E-state index contributed by atoms with van der Waals surface area (Å²) in [7, 11) is 0. The molecule has 3 N–H and O–H groups in total. The highest BCUT2D eigenvalue weighted by molar-refractivity contribution is 5.51. The van der Waals surface area contributed by atoms with Crippen molar-refractivity contribution in [1.29, 1.82) is 0 Å². The minimum absolute atomic E-state index is 0.0448. The smallest absolute Gasteiger partial charge is 0.224 e. The molecular weight excluding hydrogens is 306 g/mol. The molecule has 24 heavy (non-hydrogen) atoms. The van der Waals surface area contributed by atoms with Gasteiger partial charge in [0.05, 0.1) is 5.60 Å². The Bertz CT molecular complexity index is 665. The second-order valence-corrected chi connectivity index (χ2v) is 7.10. The van der Waals surface area contributed by atoms with Crippen LogP contribution in [0.2, 0.25) is 0 Å². The van der Waals surface area contributed by atoms with Gasteiger partial charge in [-0.25, -0.2) is 0 Å². The standard InChI is InChI=1S/C19H29NO4/c1-5-20(6-2)11-19(4,24)13-7-8-14-15(10-13)12(3)9-16(21)18(23)17(14)22/h9,13,24H,5-8,10-11H2,1-4H3,(H2,21,22,23)/t13-,19-/m1/s1. The van der Waals surface area contributed by atoms with Crippen molar-refractivity contribution in [1.82, 2.24) is 4.90 Å². The first-order valence-electron chi connectivity index (χ1n) is 8.73. The predicted molar refractivity (Wildman–Crippen MR) is 94.7 cm³/mol. The number of hydrogen-bond acceptors (Lipinski definition) is 5. The number of rotatable bonds is 5. The molecule has 5 nitrogen and oxygen atoms in total. The van der Waals surface area contributed by atoms with E-state index in [1.165, 1.54) is 6.07 Å². The van der Waals surface area contributed by atoms with E-state index >= 15 is 0 Å². The molecule has 0 unspecified atom stereocenters. The van der Waals surface area contributed by atoms with Gasteiger partial charge in [0.15, 0.2) is 5.75 Å². The number of nitrogens with zero attached hydrogens (tertiary/aromatic N) is 1. The highest BCUT2D eigenvalue weighted by atomic mass is 16.3. The lowest BCUT2D eigenvalue weighted by Crippen LogP contribution is -2.48. The van der Waals surface area contributed by atoms with Crippen LogP contribution in [0.25, 0.3) is 0 Å². The van der Waals surface area contributed by atoms with Crippen molar-refractivity contribution >= 4 is 0 Å². The molecule has 2 atom stereocenters. The molecule has 1 aromatic rings. The Hall–Kier alpha value is -1.59. The Labute approximate surface area is 143 Å². The Morgan fingerprint density at radius 1 is 1.21 bits per heavy atom. The number of hydrogen-bond donors (Lipinski definition) is 3. The fourth-order valence-corrected chi connectivity index (χ4v) is 3.77. The molecule has 1 aromatic carbocycles. The second kappa shape index (κ2) is 7.11. The molecule has 0 heterocycles. The van der Waals surface area contributed by atoms with Crippen LogP contribution in [0.1, 0.15) is 43.9 Å². The van der Waals surface area contributed by atoms with E-state index in [0.29, 0.717) is 31.4 Å². The van der Waals surface area contributed by atoms with E-state index in [1.807, 2.05) is 13.8 Å². The minimum Gasteiger partial charge on any atom is -0.504 e. The van der Waals surface area contributed by atoms with E-state index in [4.69, 9.17) is 0 Å². The van der Waals surface area contributed by atoms with Gasteiger partial charge in [-0.05, 0) is 69.3 Å². The van der Waals surface area contributed by atoms with Crippen LogP contribution in [0.15, 0.2) is 10.9 Å². The summed E-state index contributed by atoms with van der Waals surface area (Å²) in [6.45, 7) is 10.2. The molecule has 0 aromatic heterocycles. The van der Waals surface area contributed by atoms with Crippen LogP contribution >= 0.6 is 0 Å². The molecule has 0 radical (unpaired) electrons. The van der Waals surface area contributed by atoms with Gasteiger partial charge in [-0.1, -0.05) is 13.8 Å². The molecule has 134 valence electrons. The Morgan fingerprint density at radius 2 is 1.83 bits per heavy atom. The van der Waals surface area contributed by atoms with Gasteiger partial charge in [-0.2, -0.15) is 0 Å². The molecule has 0 spiro atoms. The van der Waals surface area contributed by atoms with Crippen molar-refractivity contribution in [2.24, 2.45) is 5.92 Å². The highest BCUT2D eigenvalue weighted by Crippen LogP contribution is 2.39. The zero-order valence-corrected chi connectivity index (χ0v) is 15.1. The van der Waals surface area contributed by atoms with E-state index in [-0.39, 0.29) is 11.7 Å². The van der Waals surface area contributed by atoms with E-state index in [0.717, 1.165) is 24.2 Å². The van der Waals surface area contributed by atoms with E-state index in [9.17, 15) is 20.1 Å². The predicted octanol–water partition coefficient (Wildman–Crippen LogP) is 1.96. The lowest BCUT2D eigenvalue weighted by Gasteiger charge is -2.39. The summed E-state index contributed by atoms with van der Waals surface area (Å²) in [6.07, 6.45) is 1.85. The van der Waals surface area contributed by atoms with Crippen LogP contribution < -0.4 is 5.43 Å². The maximum atomic E-state index is 11.9. The van der Waals surface area contributed by atoms with E-state index in [2.05, 4.69) is 18.7 Å². The van der Waals surface area contributed by atoms with Crippen LogP contribution in [0.3, 0.4) is 0 Å². The molecule has 5 heteroatoms. The third kappa shape index (κ3) is 3.57. The first kappa shape index (κ1) is 18.7. The van der Waals surface area contributed by atoms with Gasteiger partial charge < -0.3 is 20.2 Å². The topological polar surface area (TPSA) is 81.0 Å². The molecule has 0 fully saturated rings. The number of aryl methyl sites for hydroxylation is 1. The second-order valence-electron chi connectivity index (χ2n) is 7.10. The Kier molecular flexibility index (Phi) is 5.56. The van der Waals surface area contributed by atoms with Gasteiger partial charge in [-0.3, -0.25) is 4.79 Å². The van der Waals surface area contributed by atoms with Gasteiger partial charge >= 0.3 is 0 Å². The lowest BCUT2D eigenvalue weighted by atomic mass is 9.74. The summed E-state index contributed by atoms with van der Waals surface area (Å²) < 4.78 is 0. The summed E-state index contributed by atoms with van der Waals surface area (Å²) in [5.41, 5.74) is 0.866. The third-order valence-electron chi connectivity index (χ3n) is 5.44. The maximum Gasteiger partial charge on any atom is 0.224 e. The van der Waals surface area contributed by atoms with Gasteiger partial charge in [0.25, 0.3) is 0 Å². The SMILES string of the molecule is CCN(CC)C[C@@](C)(O)[C@@H]1CCc2c(O)c(O)c(=O)cc(C)c2C1. The van der Waals surface area contributed by atoms with Crippen LogP contribution in [0.4, 0.5) is 0 Å². The van der Waals surface area contributed by atoms with Crippen molar-refractivity contribution in [3.05, 3.63) is 33.0 Å². The van der Waals surface area contributed by atoms with Crippen molar-refractivity contribution in [3.63, 3.8) is 0 Å². The fourth-order valence-electron chi connectivity index (χ4n) is 3.77. The molecule has 0 saturated carbocycles. The third-order valence-corrected chi connectivity index (χ3v) is 5.44. The zero-order chi connectivity index (χ0) is 18.1. The quantitative estimate of drug-likeness (QED) is 0.766. The van der Waals surface area contributed by atoms with Crippen LogP contribution in [-0.2, 0) is 12.8 Å². The number of fused-ring (bicyclic) bond motifs is 1. The minimum atomic E-state index is -0.845. The van der Waals surface area contributed by atoms with Crippen LogP contribution in [0.5, 0.6) is 11.5 Å². The van der Waals surface area contributed by atoms with E-state index in [1.54, 1.807) is 0 Å². The highest BCUT2D eigenvalue weighted by Gasteiger charge is 2.36. The monoisotopic (exact) mass is 335 g/mol. The van der Waals surface area contributed by atoms with Crippen molar-refractivity contribution in [3.8, 4) is 11.5 Å². The normalized spacial score (nSPS) is 19.8. The molecule has 0 bridgehead atoms. The average molecular weight is 335 g/mol. The van der Waals surface area contributed by atoms with Crippen LogP contribution in [0, 0.1) is 12.8 Å². The number of aliphatic hydroxyl groups is 1. The summed E-state index contributed by atoms with van der Waals surface area (Å²) in [4.78, 5) is 14.1.